The summed E-state index contributed by atoms with van der Waals surface area (Å²) in [5.74, 6) is -2.87. The molecule has 0 fully saturated rings. The van der Waals surface area contributed by atoms with Crippen LogP contribution in [0, 0.1) is 11.7 Å². The average Bonchev–Trinajstić information content (AvgIpc) is 2.34. The Morgan fingerprint density at radius 2 is 1.87 bits per heavy atom. The molecule has 128 valence electrons. The first-order valence-corrected chi connectivity index (χ1v) is 7.57. The Morgan fingerprint density at radius 1 is 1.30 bits per heavy atom. The standard InChI is InChI=1S/C16H22ClFN2O3/c1-9(14(22)23-15(2,3)4)13(21)20-16(5,6)12-11(18)7-10(17)8-19-12/h7-9H,1-6H3,(H,20,21). The van der Waals surface area contributed by atoms with Gasteiger partial charge in [-0.2, -0.15) is 0 Å². The highest BCUT2D eigenvalue weighted by molar-refractivity contribution is 6.30. The summed E-state index contributed by atoms with van der Waals surface area (Å²) < 4.78 is 19.2. The molecule has 1 heterocycles. The van der Waals surface area contributed by atoms with Gasteiger partial charge >= 0.3 is 5.97 Å². The van der Waals surface area contributed by atoms with E-state index >= 15 is 0 Å². The molecule has 0 aliphatic carbocycles. The van der Waals surface area contributed by atoms with Gasteiger partial charge in [0.05, 0.1) is 10.6 Å². The number of nitrogens with one attached hydrogen (secondary N) is 1. The van der Waals surface area contributed by atoms with Gasteiger partial charge in [-0.15, -0.1) is 0 Å². The molecule has 0 bridgehead atoms. The molecule has 1 aromatic heterocycles. The van der Waals surface area contributed by atoms with Gasteiger partial charge in [0.1, 0.15) is 23.0 Å². The summed E-state index contributed by atoms with van der Waals surface area (Å²) in [5.41, 5.74) is -1.76. The van der Waals surface area contributed by atoms with Gasteiger partial charge in [-0.1, -0.05) is 11.6 Å². The first kappa shape index (κ1) is 19.4. The van der Waals surface area contributed by atoms with Crippen LogP contribution in [0.5, 0.6) is 0 Å². The first-order valence-electron chi connectivity index (χ1n) is 7.20. The number of rotatable bonds is 4. The largest absolute Gasteiger partial charge is 0.459 e. The van der Waals surface area contributed by atoms with Crippen molar-refractivity contribution in [2.45, 2.75) is 52.7 Å². The second-order valence-electron chi connectivity index (χ2n) is 6.85. The minimum Gasteiger partial charge on any atom is -0.459 e. The zero-order valence-corrected chi connectivity index (χ0v) is 14.9. The molecular weight excluding hydrogens is 323 g/mol. The normalized spacial score (nSPS) is 13.4. The summed E-state index contributed by atoms with van der Waals surface area (Å²) in [6, 6.07) is 1.12. The number of aromatic nitrogens is 1. The fraction of sp³-hybridized carbons (Fsp3) is 0.562. The number of carbonyl (C=O) groups is 2. The molecule has 0 spiro atoms. The molecule has 7 heteroatoms. The second-order valence-corrected chi connectivity index (χ2v) is 7.29. The Kier molecular flexibility index (Phi) is 5.74. The van der Waals surface area contributed by atoms with Gasteiger partial charge in [-0.05, 0) is 47.6 Å². The highest BCUT2D eigenvalue weighted by atomic mass is 35.5. The summed E-state index contributed by atoms with van der Waals surface area (Å²) >= 11 is 5.68. The average molecular weight is 345 g/mol. The zero-order valence-electron chi connectivity index (χ0n) is 14.2. The predicted octanol–water partition coefficient (Wildman–Crippen LogP) is 3.20. The molecular formula is C16H22ClFN2O3. The monoisotopic (exact) mass is 344 g/mol. The lowest BCUT2D eigenvalue weighted by Gasteiger charge is -2.28. The van der Waals surface area contributed by atoms with Crippen molar-refractivity contribution >= 4 is 23.5 Å². The first-order chi connectivity index (χ1) is 10.3. The van der Waals surface area contributed by atoms with E-state index in [4.69, 9.17) is 16.3 Å². The fourth-order valence-corrected chi connectivity index (χ4v) is 1.99. The third kappa shape index (κ3) is 5.46. The third-order valence-corrected chi connectivity index (χ3v) is 3.20. The van der Waals surface area contributed by atoms with Crippen LogP contribution in [0.4, 0.5) is 4.39 Å². The molecule has 0 aliphatic heterocycles. The van der Waals surface area contributed by atoms with Crippen molar-refractivity contribution in [3.63, 3.8) is 0 Å². The van der Waals surface area contributed by atoms with E-state index < -0.39 is 34.8 Å². The molecule has 0 saturated heterocycles. The van der Waals surface area contributed by atoms with E-state index in [1.54, 1.807) is 34.6 Å². The van der Waals surface area contributed by atoms with Crippen LogP contribution < -0.4 is 5.32 Å². The van der Waals surface area contributed by atoms with Gasteiger partial charge in [0.15, 0.2) is 0 Å². The Labute approximate surface area is 140 Å². The molecule has 1 N–H and O–H groups in total. The maximum absolute atomic E-state index is 14.0. The maximum Gasteiger partial charge on any atom is 0.318 e. The summed E-state index contributed by atoms with van der Waals surface area (Å²) in [4.78, 5) is 28.1. The van der Waals surface area contributed by atoms with Gasteiger partial charge in [-0.25, -0.2) is 4.39 Å². The summed E-state index contributed by atoms with van der Waals surface area (Å²) in [5, 5.41) is 2.78. The molecule has 23 heavy (non-hydrogen) atoms. The van der Waals surface area contributed by atoms with E-state index in [1.165, 1.54) is 13.1 Å². The minimum atomic E-state index is -1.11. The lowest BCUT2D eigenvalue weighted by molar-refractivity contribution is -0.162. The number of nitrogens with zero attached hydrogens (tertiary/aromatic N) is 1. The maximum atomic E-state index is 14.0. The number of ether oxygens (including phenoxy) is 1. The number of esters is 1. The Bertz CT molecular complexity index is 612. The SMILES string of the molecule is CC(C(=O)NC(C)(C)c1ncc(Cl)cc1F)C(=O)OC(C)(C)C. The van der Waals surface area contributed by atoms with Crippen molar-refractivity contribution in [2.24, 2.45) is 5.92 Å². The fourth-order valence-electron chi connectivity index (χ4n) is 1.85. The third-order valence-electron chi connectivity index (χ3n) is 2.99. The molecule has 1 amide bonds. The zero-order chi connectivity index (χ0) is 18.0. The van der Waals surface area contributed by atoms with Crippen LogP contribution in [0.25, 0.3) is 0 Å². The lowest BCUT2D eigenvalue weighted by Crippen LogP contribution is -2.47. The number of amides is 1. The summed E-state index contributed by atoms with van der Waals surface area (Å²) in [7, 11) is 0. The van der Waals surface area contributed by atoms with Crippen molar-refractivity contribution in [3.8, 4) is 0 Å². The van der Waals surface area contributed by atoms with Crippen LogP contribution in [0.1, 0.15) is 47.2 Å². The summed E-state index contributed by atoms with van der Waals surface area (Å²) in [6.07, 6.45) is 1.30. The van der Waals surface area contributed by atoms with Gasteiger partial charge in [0.25, 0.3) is 0 Å². The van der Waals surface area contributed by atoms with Crippen LogP contribution in [0.15, 0.2) is 12.3 Å². The highest BCUT2D eigenvalue weighted by Gasteiger charge is 2.33. The smallest absolute Gasteiger partial charge is 0.318 e. The van der Waals surface area contributed by atoms with Crippen LogP contribution in [0.3, 0.4) is 0 Å². The Balaban J connectivity index is 2.88. The topological polar surface area (TPSA) is 68.3 Å². The van der Waals surface area contributed by atoms with Crippen LogP contribution >= 0.6 is 11.6 Å². The van der Waals surface area contributed by atoms with E-state index in [0.29, 0.717) is 0 Å². The molecule has 1 rings (SSSR count). The molecule has 1 aromatic rings. The van der Waals surface area contributed by atoms with E-state index in [-0.39, 0.29) is 10.7 Å². The van der Waals surface area contributed by atoms with Crippen molar-refractivity contribution in [2.75, 3.05) is 0 Å². The number of hydrogen-bond donors (Lipinski definition) is 1. The van der Waals surface area contributed by atoms with E-state index in [2.05, 4.69) is 10.3 Å². The van der Waals surface area contributed by atoms with Gasteiger partial charge in [0, 0.05) is 6.20 Å². The van der Waals surface area contributed by atoms with Crippen molar-refractivity contribution in [3.05, 3.63) is 28.8 Å². The lowest BCUT2D eigenvalue weighted by atomic mass is 9.97. The van der Waals surface area contributed by atoms with Gasteiger partial charge in [-0.3, -0.25) is 14.6 Å². The molecule has 0 saturated carbocycles. The van der Waals surface area contributed by atoms with Gasteiger partial charge in [0.2, 0.25) is 5.91 Å². The van der Waals surface area contributed by atoms with Gasteiger partial charge < -0.3 is 10.1 Å². The molecule has 1 unspecified atom stereocenters. The van der Waals surface area contributed by atoms with E-state index in [1.807, 2.05) is 0 Å². The summed E-state index contributed by atoms with van der Waals surface area (Å²) in [6.45, 7) is 9.76. The van der Waals surface area contributed by atoms with Crippen LogP contribution in [-0.4, -0.2) is 22.5 Å². The van der Waals surface area contributed by atoms with Crippen LogP contribution in [0.2, 0.25) is 5.02 Å². The van der Waals surface area contributed by atoms with E-state index in [9.17, 15) is 14.0 Å². The molecule has 0 radical (unpaired) electrons. The molecule has 1 atom stereocenters. The molecule has 0 aromatic carbocycles. The van der Waals surface area contributed by atoms with E-state index in [0.717, 1.165) is 6.07 Å². The minimum absolute atomic E-state index is 0.0339. The molecule has 5 nitrogen and oxygen atoms in total. The molecule has 0 aliphatic rings. The van der Waals surface area contributed by atoms with Crippen molar-refractivity contribution in [1.82, 2.24) is 10.3 Å². The highest BCUT2D eigenvalue weighted by Crippen LogP contribution is 2.23. The number of pyridine rings is 1. The Hall–Kier alpha value is -1.69. The van der Waals surface area contributed by atoms with Crippen LogP contribution in [-0.2, 0) is 19.9 Å². The van der Waals surface area contributed by atoms with Crippen molar-refractivity contribution in [1.29, 1.82) is 0 Å². The Morgan fingerprint density at radius 3 is 2.35 bits per heavy atom. The quantitative estimate of drug-likeness (QED) is 0.672. The predicted molar refractivity (Wildman–Crippen MR) is 85.4 cm³/mol. The number of halogens is 2. The number of carbonyl (C=O) groups excluding carboxylic acids is 2. The number of hydrogen-bond acceptors (Lipinski definition) is 4. The second kappa shape index (κ2) is 6.83. The van der Waals surface area contributed by atoms with Crippen molar-refractivity contribution < 1.29 is 18.7 Å².